The van der Waals surface area contributed by atoms with Gasteiger partial charge in [0, 0.05) is 25.5 Å². The van der Waals surface area contributed by atoms with Gasteiger partial charge in [-0.1, -0.05) is 6.07 Å². The van der Waals surface area contributed by atoms with Crippen molar-refractivity contribution in [1.82, 2.24) is 20.2 Å². The molecule has 2 amide bonds. The fourth-order valence-corrected chi connectivity index (χ4v) is 3.06. The molecule has 146 valence electrons. The fourth-order valence-electron chi connectivity index (χ4n) is 2.35. The third-order valence-corrected chi connectivity index (χ3v) is 4.52. The summed E-state index contributed by atoms with van der Waals surface area (Å²) >= 11 is 1.32. The average molecular weight is 391 g/mol. The third-order valence-electron chi connectivity index (χ3n) is 3.59. The molecule has 0 spiro atoms. The van der Waals surface area contributed by atoms with Crippen LogP contribution in [0.25, 0.3) is 0 Å². The number of carbonyl (C=O) groups is 2. The lowest BCUT2D eigenvalue weighted by molar-refractivity contribution is 0.0232. The van der Waals surface area contributed by atoms with E-state index in [0.717, 1.165) is 11.3 Å². The average Bonchev–Trinajstić information content (AvgIpc) is 3.03. The lowest BCUT2D eigenvalue weighted by Crippen LogP contribution is -2.38. The highest BCUT2D eigenvalue weighted by atomic mass is 32.1. The third kappa shape index (κ3) is 6.97. The molecule has 0 saturated carbocycles. The van der Waals surface area contributed by atoms with Crippen LogP contribution in [-0.2, 0) is 11.3 Å². The summed E-state index contributed by atoms with van der Waals surface area (Å²) in [6, 6.07) is 3.75. The molecule has 2 heterocycles. The Morgan fingerprint density at radius 1 is 1.33 bits per heavy atom. The van der Waals surface area contributed by atoms with E-state index in [4.69, 9.17) is 4.74 Å². The Hall–Kier alpha value is -2.48. The summed E-state index contributed by atoms with van der Waals surface area (Å²) in [6.07, 6.45) is 3.66. The molecular weight excluding hydrogens is 364 g/mol. The standard InChI is InChI=1S/C19H26N4O3S/c1-14-16(27-13-22-14)17(24)21-9-6-10-23(18(25)26-19(2,3)4)12-15-7-5-8-20-11-15/h5,7-8,11,13H,6,9-10,12H2,1-4H3,(H,21,24). The lowest BCUT2D eigenvalue weighted by atomic mass is 10.2. The van der Waals surface area contributed by atoms with Crippen molar-refractivity contribution in [3.8, 4) is 0 Å². The predicted molar refractivity (Wildman–Crippen MR) is 105 cm³/mol. The SMILES string of the molecule is Cc1ncsc1C(=O)NCCCN(Cc1cccnc1)C(=O)OC(C)(C)C. The number of nitrogens with zero attached hydrogens (tertiary/aromatic N) is 3. The molecule has 27 heavy (non-hydrogen) atoms. The van der Waals surface area contributed by atoms with Gasteiger partial charge < -0.3 is 15.0 Å². The van der Waals surface area contributed by atoms with Crippen LogP contribution in [0.2, 0.25) is 0 Å². The highest BCUT2D eigenvalue weighted by molar-refractivity contribution is 7.11. The van der Waals surface area contributed by atoms with Gasteiger partial charge in [-0.25, -0.2) is 9.78 Å². The van der Waals surface area contributed by atoms with Gasteiger partial charge in [0.05, 0.1) is 17.7 Å². The molecule has 0 radical (unpaired) electrons. The summed E-state index contributed by atoms with van der Waals surface area (Å²) in [4.78, 5) is 35.1. The van der Waals surface area contributed by atoms with Gasteiger partial charge in [0.15, 0.2) is 0 Å². The van der Waals surface area contributed by atoms with Crippen LogP contribution >= 0.6 is 11.3 Å². The van der Waals surface area contributed by atoms with Gasteiger partial charge in [-0.2, -0.15) is 0 Å². The number of hydrogen-bond donors (Lipinski definition) is 1. The zero-order chi connectivity index (χ0) is 19.9. The largest absolute Gasteiger partial charge is 0.444 e. The van der Waals surface area contributed by atoms with Crippen LogP contribution in [0.4, 0.5) is 4.79 Å². The number of aryl methyl sites for hydroxylation is 1. The second-order valence-corrected chi connectivity index (χ2v) is 7.99. The van der Waals surface area contributed by atoms with Gasteiger partial charge in [0.1, 0.15) is 10.5 Å². The van der Waals surface area contributed by atoms with Gasteiger partial charge in [0.25, 0.3) is 5.91 Å². The highest BCUT2D eigenvalue weighted by Crippen LogP contribution is 2.13. The predicted octanol–water partition coefficient (Wildman–Crippen LogP) is 3.40. The van der Waals surface area contributed by atoms with Crippen LogP contribution in [0.1, 0.15) is 48.1 Å². The monoisotopic (exact) mass is 390 g/mol. The van der Waals surface area contributed by atoms with Gasteiger partial charge >= 0.3 is 6.09 Å². The van der Waals surface area contributed by atoms with Crippen molar-refractivity contribution >= 4 is 23.3 Å². The van der Waals surface area contributed by atoms with Crippen molar-refractivity contribution in [3.63, 3.8) is 0 Å². The van der Waals surface area contributed by atoms with Crippen LogP contribution < -0.4 is 5.32 Å². The summed E-state index contributed by atoms with van der Waals surface area (Å²) in [6.45, 7) is 8.66. The number of hydrogen-bond acceptors (Lipinski definition) is 6. The first-order chi connectivity index (χ1) is 12.8. The molecule has 0 aliphatic rings. The number of nitrogens with one attached hydrogen (secondary N) is 1. The summed E-state index contributed by atoms with van der Waals surface area (Å²) in [7, 11) is 0. The van der Waals surface area contributed by atoms with E-state index in [1.807, 2.05) is 39.8 Å². The Bertz CT molecular complexity index is 756. The van der Waals surface area contributed by atoms with E-state index in [-0.39, 0.29) is 12.0 Å². The van der Waals surface area contributed by atoms with E-state index >= 15 is 0 Å². The van der Waals surface area contributed by atoms with E-state index in [1.54, 1.807) is 22.8 Å². The van der Waals surface area contributed by atoms with Crippen LogP contribution in [0.15, 0.2) is 30.0 Å². The molecule has 2 aromatic heterocycles. The second kappa shape index (κ2) is 9.45. The van der Waals surface area contributed by atoms with E-state index in [9.17, 15) is 9.59 Å². The molecule has 8 heteroatoms. The van der Waals surface area contributed by atoms with Crippen molar-refractivity contribution in [1.29, 1.82) is 0 Å². The summed E-state index contributed by atoms with van der Waals surface area (Å²) in [5.41, 5.74) is 2.74. The molecule has 0 aromatic carbocycles. The van der Waals surface area contributed by atoms with E-state index in [0.29, 0.717) is 30.9 Å². The normalized spacial score (nSPS) is 11.1. The number of aromatic nitrogens is 2. The van der Waals surface area contributed by atoms with Crippen LogP contribution in [0, 0.1) is 6.92 Å². The molecule has 7 nitrogen and oxygen atoms in total. The molecule has 0 unspecified atom stereocenters. The smallest absolute Gasteiger partial charge is 0.410 e. The zero-order valence-corrected chi connectivity index (χ0v) is 17.0. The highest BCUT2D eigenvalue weighted by Gasteiger charge is 2.22. The van der Waals surface area contributed by atoms with Gasteiger partial charge in [-0.15, -0.1) is 11.3 Å². The number of thiazole rings is 1. The number of amides is 2. The lowest BCUT2D eigenvalue weighted by Gasteiger charge is -2.27. The minimum Gasteiger partial charge on any atom is -0.444 e. The molecule has 2 aromatic rings. The summed E-state index contributed by atoms with van der Waals surface area (Å²) in [5, 5.41) is 2.87. The Kier molecular flexibility index (Phi) is 7.29. The molecule has 0 saturated heterocycles. The molecule has 0 aliphatic carbocycles. The van der Waals surface area contributed by atoms with Crippen molar-refractivity contribution in [2.24, 2.45) is 0 Å². The molecule has 0 atom stereocenters. The first-order valence-corrected chi connectivity index (χ1v) is 9.69. The van der Waals surface area contributed by atoms with Crippen LogP contribution in [0.3, 0.4) is 0 Å². The maximum Gasteiger partial charge on any atom is 0.410 e. The van der Waals surface area contributed by atoms with Crippen molar-refractivity contribution in [2.45, 2.75) is 46.3 Å². The zero-order valence-electron chi connectivity index (χ0n) is 16.2. The number of rotatable bonds is 7. The summed E-state index contributed by atoms with van der Waals surface area (Å²) < 4.78 is 5.50. The van der Waals surface area contributed by atoms with Crippen molar-refractivity contribution in [2.75, 3.05) is 13.1 Å². The van der Waals surface area contributed by atoms with Crippen LogP contribution in [0.5, 0.6) is 0 Å². The van der Waals surface area contributed by atoms with E-state index < -0.39 is 5.60 Å². The number of pyridine rings is 1. The summed E-state index contributed by atoms with van der Waals surface area (Å²) in [5.74, 6) is -0.133. The van der Waals surface area contributed by atoms with Gasteiger partial charge in [-0.3, -0.25) is 9.78 Å². The topological polar surface area (TPSA) is 84.4 Å². The van der Waals surface area contributed by atoms with Crippen molar-refractivity contribution < 1.29 is 14.3 Å². The molecule has 0 fully saturated rings. The quantitative estimate of drug-likeness (QED) is 0.733. The maximum atomic E-state index is 12.5. The fraction of sp³-hybridized carbons (Fsp3) is 0.474. The first-order valence-electron chi connectivity index (χ1n) is 8.81. The minimum absolute atomic E-state index is 0.133. The molecule has 0 bridgehead atoms. The Morgan fingerprint density at radius 3 is 2.70 bits per heavy atom. The molecule has 2 rings (SSSR count). The second-order valence-electron chi connectivity index (χ2n) is 7.14. The Labute approximate surface area is 163 Å². The van der Waals surface area contributed by atoms with Gasteiger partial charge in [0.2, 0.25) is 0 Å². The maximum absolute atomic E-state index is 12.5. The molecule has 1 N–H and O–H groups in total. The van der Waals surface area contributed by atoms with E-state index in [1.165, 1.54) is 11.3 Å². The minimum atomic E-state index is -0.567. The first kappa shape index (κ1) is 20.8. The molecular formula is C19H26N4O3S. The Balaban J connectivity index is 1.90. The number of ether oxygens (including phenoxy) is 1. The van der Waals surface area contributed by atoms with Gasteiger partial charge in [-0.05, 0) is 45.7 Å². The van der Waals surface area contributed by atoms with Crippen LogP contribution in [-0.4, -0.2) is 45.6 Å². The van der Waals surface area contributed by atoms with Crippen molar-refractivity contribution in [3.05, 3.63) is 46.2 Å². The Morgan fingerprint density at radius 2 is 2.11 bits per heavy atom. The molecule has 0 aliphatic heterocycles. The van der Waals surface area contributed by atoms with E-state index in [2.05, 4.69) is 15.3 Å². The number of carbonyl (C=O) groups excluding carboxylic acids is 2.